The van der Waals surface area contributed by atoms with Crippen LogP contribution in [0, 0.1) is 0 Å². The van der Waals surface area contributed by atoms with Gasteiger partial charge >= 0.3 is 41.6 Å². The topological polar surface area (TPSA) is 304 Å². The molecular weight excluding hydrogens is 969 g/mol. The first-order valence-electron chi connectivity index (χ1n) is 19.3. The Labute approximate surface area is 387 Å². The number of fused-ring (bicyclic) bond motifs is 4. The van der Waals surface area contributed by atoms with E-state index in [1.807, 2.05) is 0 Å². The predicted octanol–water partition coefficient (Wildman–Crippen LogP) is 6.41. The number of benzene rings is 4. The SMILES string of the molecule is O=S(=O)(O)Oc1ccc(C2=CC3=CC4=NC(=CC5=NC(=CC6=NC(=C(c7ccc(OS(=O)(=O)O)cc7)C2=N3)C(c2ccc(OS(=O)(=O)O)cc2)=C6c2ccc(OS(=O)(=O)O)cc2)C=C5)C=C4)cc1. The lowest BCUT2D eigenvalue weighted by Gasteiger charge is -2.18. The molecular formula is C44H28N4O16S4. The highest BCUT2D eigenvalue weighted by Crippen LogP contribution is 2.47. The fourth-order valence-electron chi connectivity index (χ4n) is 7.41. The summed E-state index contributed by atoms with van der Waals surface area (Å²) in [5.41, 5.74) is 5.95. The third-order valence-corrected chi connectivity index (χ3v) is 11.5. The maximum absolute atomic E-state index is 11.7. The highest BCUT2D eigenvalue weighted by atomic mass is 32.3. The van der Waals surface area contributed by atoms with Gasteiger partial charge in [0.2, 0.25) is 0 Å². The summed E-state index contributed by atoms with van der Waals surface area (Å²) >= 11 is 0. The van der Waals surface area contributed by atoms with E-state index in [1.165, 1.54) is 97.1 Å². The van der Waals surface area contributed by atoms with E-state index in [2.05, 4.69) is 4.18 Å². The lowest BCUT2D eigenvalue weighted by atomic mass is 9.86. The quantitative estimate of drug-likeness (QED) is 0.111. The van der Waals surface area contributed by atoms with E-state index in [-0.39, 0.29) is 45.7 Å². The van der Waals surface area contributed by atoms with E-state index in [9.17, 15) is 51.9 Å². The molecule has 0 fully saturated rings. The normalized spacial score (nSPS) is 16.9. The fourth-order valence-corrected chi connectivity index (χ4v) is 8.82. The summed E-state index contributed by atoms with van der Waals surface area (Å²) in [7, 11) is -19.7. The average molecular weight is 997 g/mol. The third-order valence-electron chi connectivity index (χ3n) is 9.88. The molecule has 4 aromatic carbocycles. The van der Waals surface area contributed by atoms with Crippen molar-refractivity contribution in [1.82, 2.24) is 0 Å². The Hall–Kier alpha value is -7.68. The van der Waals surface area contributed by atoms with Gasteiger partial charge in [-0.15, -0.1) is 0 Å². The van der Waals surface area contributed by atoms with E-state index >= 15 is 0 Å². The van der Waals surface area contributed by atoms with Gasteiger partial charge in [-0.3, -0.25) is 18.2 Å². The van der Waals surface area contributed by atoms with Crippen LogP contribution >= 0.6 is 0 Å². The maximum Gasteiger partial charge on any atom is 0.446 e. The zero-order valence-electron chi connectivity index (χ0n) is 34.0. The number of aliphatic imine (C=N–C) groups is 4. The first-order chi connectivity index (χ1) is 32.1. The molecule has 68 heavy (non-hydrogen) atoms. The standard InChI is InChI=1S/C44H28N4O16S4/c49-65(50,51)61-34-13-1-25(2-14-34)38-23-33-22-31-10-9-29(45-31)21-30-11-12-32(46-30)24-39-40(26-3-15-35(16-4-26)62-66(52,53)54)41(27-5-17-36(18-6-27)63-67(55,56)57)44(48-39)42(43(38)47-33)28-7-19-37(20-8-28)64-68(58,59)60/h1-24H,(H,49,50,51)(H,52,53,54)(H,55,56,57)(H,58,59,60). The van der Waals surface area contributed by atoms with Crippen LogP contribution in [0.15, 0.2) is 188 Å². The van der Waals surface area contributed by atoms with E-state index in [4.69, 9.17) is 32.5 Å². The molecule has 24 heteroatoms. The van der Waals surface area contributed by atoms with E-state index in [0.717, 1.165) is 0 Å². The van der Waals surface area contributed by atoms with Crippen molar-refractivity contribution in [2.75, 3.05) is 0 Å². The van der Waals surface area contributed by atoms with Gasteiger partial charge in [-0.1, -0.05) is 48.5 Å². The van der Waals surface area contributed by atoms with Crippen LogP contribution < -0.4 is 16.7 Å². The van der Waals surface area contributed by atoms with Gasteiger partial charge in [0, 0.05) is 22.3 Å². The van der Waals surface area contributed by atoms with Crippen molar-refractivity contribution in [2.24, 2.45) is 20.0 Å². The summed E-state index contributed by atoms with van der Waals surface area (Å²) in [4.78, 5) is 19.8. The average Bonchev–Trinajstić information content (AvgIpc) is 4.05. The lowest BCUT2D eigenvalue weighted by molar-refractivity contribution is 0.384. The molecule has 5 aliphatic rings. The first kappa shape index (κ1) is 45.5. The van der Waals surface area contributed by atoms with Gasteiger partial charge in [-0.25, -0.2) is 20.0 Å². The zero-order valence-corrected chi connectivity index (χ0v) is 37.2. The molecule has 0 aliphatic carbocycles. The second kappa shape index (κ2) is 17.2. The van der Waals surface area contributed by atoms with Gasteiger partial charge < -0.3 is 16.7 Å². The van der Waals surface area contributed by atoms with Crippen molar-refractivity contribution in [1.29, 1.82) is 0 Å². The summed E-state index contributed by atoms with van der Waals surface area (Å²) in [6.45, 7) is 0. The molecule has 5 aliphatic heterocycles. The highest BCUT2D eigenvalue weighted by molar-refractivity contribution is 7.82. The molecule has 9 rings (SSSR count). The van der Waals surface area contributed by atoms with Crippen LogP contribution in [0.1, 0.15) is 22.3 Å². The molecule has 0 saturated carbocycles. The second-order valence-electron chi connectivity index (χ2n) is 14.6. The van der Waals surface area contributed by atoms with Gasteiger partial charge in [-0.2, -0.15) is 33.7 Å². The number of allylic oxidation sites excluding steroid dienone is 12. The first-order valence-corrected chi connectivity index (χ1v) is 24.7. The van der Waals surface area contributed by atoms with E-state index < -0.39 is 41.6 Å². The molecule has 0 atom stereocenters. The minimum absolute atomic E-state index is 0.174. The molecule has 20 nitrogen and oxygen atoms in total. The maximum atomic E-state index is 11.7. The van der Waals surface area contributed by atoms with Gasteiger partial charge in [0.25, 0.3) is 0 Å². The molecule has 0 spiro atoms. The van der Waals surface area contributed by atoms with Gasteiger partial charge in [0.05, 0.1) is 45.6 Å². The minimum atomic E-state index is -4.96. The lowest BCUT2D eigenvalue weighted by Crippen LogP contribution is -2.09. The number of hydrogen-bond acceptors (Lipinski definition) is 16. The largest absolute Gasteiger partial charge is 0.446 e. The fraction of sp³-hybridized carbons (Fsp3) is 0. The number of nitrogens with zero attached hydrogens (tertiary/aromatic N) is 4. The van der Waals surface area contributed by atoms with Crippen molar-refractivity contribution in [3.05, 3.63) is 191 Å². The van der Waals surface area contributed by atoms with Crippen molar-refractivity contribution in [3.8, 4) is 23.0 Å². The monoisotopic (exact) mass is 996 g/mol. The van der Waals surface area contributed by atoms with Crippen LogP contribution in [0.4, 0.5) is 0 Å². The Bertz CT molecular complexity index is 3710. The summed E-state index contributed by atoms with van der Waals surface area (Å²) < 4.78 is 150. The summed E-state index contributed by atoms with van der Waals surface area (Å²) in [6.07, 6.45) is 13.9. The minimum Gasteiger partial charge on any atom is -0.362 e. The Morgan fingerprint density at radius 3 is 1.15 bits per heavy atom. The Balaban J connectivity index is 1.38. The van der Waals surface area contributed by atoms with Crippen molar-refractivity contribution < 1.29 is 68.6 Å². The van der Waals surface area contributed by atoms with Gasteiger partial charge in [0.1, 0.15) is 23.0 Å². The predicted molar refractivity (Wildman–Crippen MR) is 248 cm³/mol. The second-order valence-corrected chi connectivity index (χ2v) is 18.7. The van der Waals surface area contributed by atoms with Crippen molar-refractivity contribution in [3.63, 3.8) is 0 Å². The van der Waals surface area contributed by atoms with Crippen LogP contribution in [0.3, 0.4) is 0 Å². The molecule has 4 N–H and O–H groups in total. The molecule has 5 heterocycles. The molecule has 0 unspecified atom stereocenters. The number of hydrogen-bond donors (Lipinski definition) is 4. The molecule has 344 valence electrons. The van der Waals surface area contributed by atoms with Crippen molar-refractivity contribution >= 4 is 86.7 Å². The summed E-state index contributed by atoms with van der Waals surface area (Å²) in [5, 5.41) is 0. The number of rotatable bonds is 12. The van der Waals surface area contributed by atoms with E-state index in [0.29, 0.717) is 67.5 Å². The smallest absolute Gasteiger partial charge is 0.362 e. The molecule has 8 bridgehead atoms. The van der Waals surface area contributed by atoms with Gasteiger partial charge in [0.15, 0.2) is 0 Å². The zero-order chi connectivity index (χ0) is 48.2. The Kier molecular flexibility index (Phi) is 11.5. The molecule has 0 radical (unpaired) electrons. The molecule has 0 aromatic heterocycles. The van der Waals surface area contributed by atoms with Crippen LogP contribution in [0.25, 0.3) is 22.3 Å². The molecule has 0 amide bonds. The van der Waals surface area contributed by atoms with Crippen LogP contribution in [0.2, 0.25) is 0 Å². The Morgan fingerprint density at radius 1 is 0.353 bits per heavy atom. The third kappa shape index (κ3) is 10.6. The van der Waals surface area contributed by atoms with Crippen LogP contribution in [-0.4, -0.2) is 74.7 Å². The molecule has 4 aromatic rings. The Morgan fingerprint density at radius 2 is 0.721 bits per heavy atom. The van der Waals surface area contributed by atoms with Crippen molar-refractivity contribution in [2.45, 2.75) is 0 Å². The van der Waals surface area contributed by atoms with Crippen LogP contribution in [0.5, 0.6) is 23.0 Å². The van der Waals surface area contributed by atoms with E-state index in [1.54, 1.807) is 48.6 Å². The summed E-state index contributed by atoms with van der Waals surface area (Å²) in [6, 6.07) is 22.1. The molecule has 0 saturated heterocycles. The van der Waals surface area contributed by atoms with Gasteiger partial charge in [-0.05, 0) is 119 Å². The van der Waals surface area contributed by atoms with Crippen LogP contribution in [-0.2, 0) is 41.6 Å². The summed E-state index contributed by atoms with van der Waals surface area (Å²) in [5.74, 6) is -1.01. The highest BCUT2D eigenvalue weighted by Gasteiger charge is 2.34.